The lowest BCUT2D eigenvalue weighted by Gasteiger charge is -2.15. The molecule has 0 bridgehead atoms. The molecule has 22 heavy (non-hydrogen) atoms. The van der Waals surface area contributed by atoms with Gasteiger partial charge in [0.1, 0.15) is 5.82 Å². The standard InChI is InChI=1S/C16H16FNO3S/c17-12-5-2-1-4-11(12)7-8-15(19)18-13(10-16(20)21)14-6-3-9-22-14/h1-6,9,13H,7-8,10H2,(H,18,19)(H,20,21)/t13-/m0/s1. The topological polar surface area (TPSA) is 66.4 Å². The number of carbonyl (C=O) groups excluding carboxylic acids is 1. The summed E-state index contributed by atoms with van der Waals surface area (Å²) in [6.07, 6.45) is 0.219. The van der Waals surface area contributed by atoms with Gasteiger partial charge in [-0.2, -0.15) is 0 Å². The molecule has 6 heteroatoms. The van der Waals surface area contributed by atoms with Crippen LogP contribution in [0.15, 0.2) is 41.8 Å². The van der Waals surface area contributed by atoms with E-state index in [0.29, 0.717) is 5.56 Å². The molecule has 2 aromatic rings. The van der Waals surface area contributed by atoms with Gasteiger partial charge in [-0.25, -0.2) is 4.39 Å². The highest BCUT2D eigenvalue weighted by Gasteiger charge is 2.19. The SMILES string of the molecule is O=C(O)C[C@H](NC(=O)CCc1ccccc1F)c1cccs1. The number of carboxylic acid groups (broad SMARTS) is 1. The average molecular weight is 321 g/mol. The number of thiophene rings is 1. The van der Waals surface area contributed by atoms with E-state index in [0.717, 1.165) is 4.88 Å². The van der Waals surface area contributed by atoms with E-state index in [-0.39, 0.29) is 31.0 Å². The van der Waals surface area contributed by atoms with Crippen molar-refractivity contribution in [3.05, 3.63) is 58.0 Å². The highest BCUT2D eigenvalue weighted by atomic mass is 32.1. The van der Waals surface area contributed by atoms with Gasteiger partial charge in [0.2, 0.25) is 5.91 Å². The molecule has 1 amide bonds. The number of benzene rings is 1. The molecule has 1 aromatic heterocycles. The second kappa shape index (κ2) is 7.70. The molecular weight excluding hydrogens is 305 g/mol. The minimum atomic E-state index is -0.979. The number of nitrogens with one attached hydrogen (secondary N) is 1. The summed E-state index contributed by atoms with van der Waals surface area (Å²) in [6.45, 7) is 0. The molecule has 0 saturated carbocycles. The van der Waals surface area contributed by atoms with E-state index in [2.05, 4.69) is 5.32 Å². The smallest absolute Gasteiger partial charge is 0.305 e. The number of aryl methyl sites for hydroxylation is 1. The van der Waals surface area contributed by atoms with Crippen molar-refractivity contribution in [3.63, 3.8) is 0 Å². The molecule has 1 aromatic carbocycles. The van der Waals surface area contributed by atoms with Crippen molar-refractivity contribution in [1.29, 1.82) is 0 Å². The van der Waals surface area contributed by atoms with Gasteiger partial charge < -0.3 is 10.4 Å². The first-order chi connectivity index (χ1) is 10.6. The van der Waals surface area contributed by atoms with E-state index in [1.807, 2.05) is 5.38 Å². The number of hydrogen-bond acceptors (Lipinski definition) is 3. The summed E-state index contributed by atoms with van der Waals surface area (Å²) in [4.78, 5) is 23.7. The Labute approximate surface area is 131 Å². The van der Waals surface area contributed by atoms with Crippen LogP contribution >= 0.6 is 11.3 Å². The Morgan fingerprint density at radius 1 is 1.23 bits per heavy atom. The van der Waals surface area contributed by atoms with Gasteiger partial charge in [-0.1, -0.05) is 24.3 Å². The summed E-state index contributed by atoms with van der Waals surface area (Å²) >= 11 is 1.39. The summed E-state index contributed by atoms with van der Waals surface area (Å²) in [5, 5.41) is 13.5. The number of carbonyl (C=O) groups is 2. The molecule has 0 unspecified atom stereocenters. The molecule has 4 nitrogen and oxygen atoms in total. The summed E-state index contributed by atoms with van der Waals surface area (Å²) in [6, 6.07) is 9.34. The van der Waals surface area contributed by atoms with Gasteiger partial charge in [0.15, 0.2) is 0 Å². The van der Waals surface area contributed by atoms with Crippen molar-refractivity contribution in [2.24, 2.45) is 0 Å². The van der Waals surface area contributed by atoms with Crippen molar-refractivity contribution in [3.8, 4) is 0 Å². The lowest BCUT2D eigenvalue weighted by atomic mass is 10.1. The molecule has 2 N–H and O–H groups in total. The quantitative estimate of drug-likeness (QED) is 0.823. The average Bonchev–Trinajstić information content (AvgIpc) is 2.99. The van der Waals surface area contributed by atoms with Crippen molar-refractivity contribution < 1.29 is 19.1 Å². The normalized spacial score (nSPS) is 11.9. The van der Waals surface area contributed by atoms with Crippen molar-refractivity contribution in [2.45, 2.75) is 25.3 Å². The van der Waals surface area contributed by atoms with Crippen LogP contribution in [0.4, 0.5) is 4.39 Å². The lowest BCUT2D eigenvalue weighted by molar-refractivity contribution is -0.137. The zero-order chi connectivity index (χ0) is 15.9. The largest absolute Gasteiger partial charge is 0.481 e. The minimum absolute atomic E-state index is 0.114. The van der Waals surface area contributed by atoms with E-state index in [4.69, 9.17) is 5.11 Å². The lowest BCUT2D eigenvalue weighted by Crippen LogP contribution is -2.29. The number of carboxylic acids is 1. The molecule has 0 aliphatic rings. The first-order valence-electron chi connectivity index (χ1n) is 6.84. The van der Waals surface area contributed by atoms with E-state index in [1.54, 1.807) is 30.3 Å². The third-order valence-electron chi connectivity index (χ3n) is 3.18. The van der Waals surface area contributed by atoms with Crippen LogP contribution in [-0.2, 0) is 16.0 Å². The Morgan fingerprint density at radius 2 is 2.00 bits per heavy atom. The fraction of sp³-hybridized carbons (Fsp3) is 0.250. The molecule has 1 heterocycles. The van der Waals surface area contributed by atoms with Gasteiger partial charge in [0, 0.05) is 11.3 Å². The predicted octanol–water partition coefficient (Wildman–Crippen LogP) is 3.15. The Balaban J connectivity index is 1.94. The maximum atomic E-state index is 13.5. The number of amides is 1. The molecule has 0 fully saturated rings. The Kier molecular flexibility index (Phi) is 5.66. The Morgan fingerprint density at radius 3 is 2.64 bits per heavy atom. The molecule has 0 aliphatic heterocycles. The second-order valence-corrected chi connectivity index (χ2v) is 5.80. The highest BCUT2D eigenvalue weighted by molar-refractivity contribution is 7.10. The zero-order valence-corrected chi connectivity index (χ0v) is 12.6. The number of rotatable bonds is 7. The van der Waals surface area contributed by atoms with Gasteiger partial charge >= 0.3 is 5.97 Å². The van der Waals surface area contributed by atoms with Crippen LogP contribution in [-0.4, -0.2) is 17.0 Å². The van der Waals surface area contributed by atoms with E-state index in [1.165, 1.54) is 17.4 Å². The van der Waals surface area contributed by atoms with Crippen LogP contribution < -0.4 is 5.32 Å². The number of hydrogen-bond donors (Lipinski definition) is 2. The van der Waals surface area contributed by atoms with Crippen LogP contribution in [0, 0.1) is 5.82 Å². The fourth-order valence-corrected chi connectivity index (χ4v) is 2.88. The Hall–Kier alpha value is -2.21. The van der Waals surface area contributed by atoms with Gasteiger partial charge in [0.25, 0.3) is 0 Å². The van der Waals surface area contributed by atoms with E-state index in [9.17, 15) is 14.0 Å². The molecule has 2 rings (SSSR count). The first kappa shape index (κ1) is 16.2. The van der Waals surface area contributed by atoms with Gasteiger partial charge in [-0.05, 0) is 29.5 Å². The molecule has 0 radical (unpaired) electrons. The van der Waals surface area contributed by atoms with Crippen LogP contribution in [0.1, 0.15) is 29.3 Å². The Bertz CT molecular complexity index is 643. The van der Waals surface area contributed by atoms with Crippen LogP contribution in [0.5, 0.6) is 0 Å². The predicted molar refractivity (Wildman–Crippen MR) is 82.2 cm³/mol. The van der Waals surface area contributed by atoms with Crippen molar-refractivity contribution in [1.82, 2.24) is 5.32 Å². The molecule has 0 spiro atoms. The van der Waals surface area contributed by atoms with Crippen LogP contribution in [0.2, 0.25) is 0 Å². The van der Waals surface area contributed by atoms with Gasteiger partial charge in [-0.3, -0.25) is 9.59 Å². The molecule has 0 saturated heterocycles. The number of halogens is 1. The molecule has 0 aliphatic carbocycles. The molecular formula is C16H16FNO3S. The zero-order valence-electron chi connectivity index (χ0n) is 11.8. The van der Waals surface area contributed by atoms with Gasteiger partial charge in [-0.15, -0.1) is 11.3 Å². The molecule has 1 atom stereocenters. The molecule has 116 valence electrons. The first-order valence-corrected chi connectivity index (χ1v) is 7.72. The van der Waals surface area contributed by atoms with E-state index < -0.39 is 12.0 Å². The van der Waals surface area contributed by atoms with Gasteiger partial charge in [0.05, 0.1) is 12.5 Å². The summed E-state index contributed by atoms with van der Waals surface area (Å²) < 4.78 is 13.5. The summed E-state index contributed by atoms with van der Waals surface area (Å²) in [5.41, 5.74) is 0.476. The maximum Gasteiger partial charge on any atom is 0.305 e. The van der Waals surface area contributed by atoms with Crippen molar-refractivity contribution in [2.75, 3.05) is 0 Å². The number of aliphatic carboxylic acids is 1. The van der Waals surface area contributed by atoms with E-state index >= 15 is 0 Å². The van der Waals surface area contributed by atoms with Crippen LogP contribution in [0.25, 0.3) is 0 Å². The van der Waals surface area contributed by atoms with Crippen molar-refractivity contribution >= 4 is 23.2 Å². The summed E-state index contributed by atoms with van der Waals surface area (Å²) in [5.74, 6) is -1.61. The second-order valence-electron chi connectivity index (χ2n) is 4.82. The third kappa shape index (κ3) is 4.66. The minimum Gasteiger partial charge on any atom is -0.481 e. The maximum absolute atomic E-state index is 13.5. The highest BCUT2D eigenvalue weighted by Crippen LogP contribution is 2.22. The third-order valence-corrected chi connectivity index (χ3v) is 4.17. The monoisotopic (exact) mass is 321 g/mol. The summed E-state index contributed by atoms with van der Waals surface area (Å²) in [7, 11) is 0. The van der Waals surface area contributed by atoms with Crippen LogP contribution in [0.3, 0.4) is 0 Å². The fourth-order valence-electron chi connectivity index (χ4n) is 2.10.